The molecule has 0 saturated carbocycles. The Morgan fingerprint density at radius 3 is 2.64 bits per heavy atom. The van der Waals surface area contributed by atoms with Crippen molar-refractivity contribution in [2.45, 2.75) is 6.61 Å². The molecule has 1 nitrogen and oxygen atoms in total. The van der Waals surface area contributed by atoms with Crippen molar-refractivity contribution >= 4 is 17.6 Å². The summed E-state index contributed by atoms with van der Waals surface area (Å²) in [5.74, 6) is 0. The van der Waals surface area contributed by atoms with Crippen molar-refractivity contribution in [3.63, 3.8) is 0 Å². The van der Waals surface area contributed by atoms with E-state index in [-0.39, 0.29) is 0 Å². The van der Waals surface area contributed by atoms with Crippen LogP contribution < -0.4 is 0 Å². The Balaban J connectivity index is 2.33. The molecule has 0 heterocycles. The molecule has 1 aromatic rings. The number of thiocarbonyl (C=S) groups is 1. The number of ether oxygens (including phenoxy) is 1. The van der Waals surface area contributed by atoms with Crippen LogP contribution in [0, 0.1) is 0 Å². The third-order valence-electron chi connectivity index (χ3n) is 1.30. The highest BCUT2D eigenvalue weighted by Gasteiger charge is 1.87. The molecule has 1 rings (SSSR count). The van der Waals surface area contributed by atoms with Crippen molar-refractivity contribution in [1.82, 2.24) is 0 Å². The van der Waals surface area contributed by atoms with Crippen molar-refractivity contribution in [3.05, 3.63) is 35.9 Å². The lowest BCUT2D eigenvalue weighted by atomic mass is 10.2. The molecule has 0 aliphatic carbocycles. The van der Waals surface area contributed by atoms with E-state index in [9.17, 15) is 0 Å². The predicted molar refractivity (Wildman–Crippen MR) is 49.8 cm³/mol. The van der Waals surface area contributed by atoms with Gasteiger partial charge in [-0.2, -0.15) is 0 Å². The fourth-order valence-electron chi connectivity index (χ4n) is 0.799. The van der Waals surface area contributed by atoms with Gasteiger partial charge in [0.1, 0.15) is 0 Å². The SMILES string of the molecule is S=CCOCc1ccccc1. The van der Waals surface area contributed by atoms with Gasteiger partial charge in [0.2, 0.25) is 0 Å². The van der Waals surface area contributed by atoms with Crippen molar-refractivity contribution in [1.29, 1.82) is 0 Å². The lowest BCUT2D eigenvalue weighted by Gasteiger charge is -1.99. The maximum Gasteiger partial charge on any atom is 0.0754 e. The summed E-state index contributed by atoms with van der Waals surface area (Å²) in [6.07, 6.45) is 0. The topological polar surface area (TPSA) is 9.23 Å². The van der Waals surface area contributed by atoms with Gasteiger partial charge in [0.25, 0.3) is 0 Å². The van der Waals surface area contributed by atoms with E-state index >= 15 is 0 Å². The zero-order valence-electron chi connectivity index (χ0n) is 6.19. The van der Waals surface area contributed by atoms with Gasteiger partial charge in [-0.3, -0.25) is 0 Å². The van der Waals surface area contributed by atoms with Gasteiger partial charge in [0.15, 0.2) is 0 Å². The summed E-state index contributed by atoms with van der Waals surface area (Å²) in [5, 5.41) is 1.59. The highest BCUT2D eigenvalue weighted by molar-refractivity contribution is 7.79. The minimum Gasteiger partial charge on any atom is -0.372 e. The van der Waals surface area contributed by atoms with E-state index in [0.717, 1.165) is 0 Å². The first-order valence-corrected chi connectivity index (χ1v) is 3.96. The monoisotopic (exact) mass is 166 g/mol. The number of benzene rings is 1. The van der Waals surface area contributed by atoms with E-state index in [1.54, 1.807) is 5.37 Å². The lowest BCUT2D eigenvalue weighted by Crippen LogP contribution is -1.94. The standard InChI is InChI=1S/C9H10OS/c11-7-6-10-8-9-4-2-1-3-5-9/h1-5,7H,6,8H2. The smallest absolute Gasteiger partial charge is 0.0754 e. The summed E-state index contributed by atoms with van der Waals surface area (Å²) < 4.78 is 5.21. The molecule has 0 N–H and O–H groups in total. The van der Waals surface area contributed by atoms with E-state index in [1.165, 1.54) is 5.56 Å². The molecule has 0 spiro atoms. The van der Waals surface area contributed by atoms with E-state index < -0.39 is 0 Å². The Morgan fingerprint density at radius 1 is 1.27 bits per heavy atom. The van der Waals surface area contributed by atoms with Crippen LogP contribution in [0.2, 0.25) is 0 Å². The second-order valence-corrected chi connectivity index (χ2v) is 2.50. The highest BCUT2D eigenvalue weighted by atomic mass is 32.1. The summed E-state index contributed by atoms with van der Waals surface area (Å²) in [7, 11) is 0. The minimum absolute atomic E-state index is 0.546. The predicted octanol–water partition coefficient (Wildman–Crippen LogP) is 2.20. The Morgan fingerprint density at radius 2 is 2.00 bits per heavy atom. The molecule has 0 atom stereocenters. The van der Waals surface area contributed by atoms with Crippen LogP contribution in [0.1, 0.15) is 5.56 Å². The van der Waals surface area contributed by atoms with Crippen molar-refractivity contribution in [2.75, 3.05) is 6.61 Å². The van der Waals surface area contributed by atoms with Gasteiger partial charge in [0, 0.05) is 5.37 Å². The van der Waals surface area contributed by atoms with Gasteiger partial charge >= 0.3 is 0 Å². The zero-order valence-corrected chi connectivity index (χ0v) is 7.01. The van der Waals surface area contributed by atoms with Crippen LogP contribution in [0.5, 0.6) is 0 Å². The number of rotatable bonds is 4. The lowest BCUT2D eigenvalue weighted by molar-refractivity contribution is 0.161. The number of hydrogen-bond donors (Lipinski definition) is 0. The summed E-state index contributed by atoms with van der Waals surface area (Å²) in [6, 6.07) is 10.0. The minimum atomic E-state index is 0.546. The molecule has 58 valence electrons. The molecular formula is C9H10OS. The molecule has 1 aromatic carbocycles. The Bertz CT molecular complexity index is 208. The van der Waals surface area contributed by atoms with Crippen LogP contribution in [-0.4, -0.2) is 12.0 Å². The Hall–Kier alpha value is -0.730. The van der Waals surface area contributed by atoms with Gasteiger partial charge in [-0.05, 0) is 5.56 Å². The second-order valence-electron chi connectivity index (χ2n) is 2.17. The first kappa shape index (κ1) is 8.37. The molecule has 0 aromatic heterocycles. The van der Waals surface area contributed by atoms with Crippen molar-refractivity contribution in [2.24, 2.45) is 0 Å². The quantitative estimate of drug-likeness (QED) is 0.501. The van der Waals surface area contributed by atoms with Crippen molar-refractivity contribution < 1.29 is 4.74 Å². The van der Waals surface area contributed by atoms with Crippen LogP contribution in [0.15, 0.2) is 30.3 Å². The van der Waals surface area contributed by atoms with Crippen LogP contribution in [-0.2, 0) is 11.3 Å². The van der Waals surface area contributed by atoms with Gasteiger partial charge < -0.3 is 4.74 Å². The molecule has 0 aliphatic heterocycles. The molecule has 11 heavy (non-hydrogen) atoms. The van der Waals surface area contributed by atoms with Crippen LogP contribution in [0.4, 0.5) is 0 Å². The first-order chi connectivity index (χ1) is 5.43. The third kappa shape index (κ3) is 3.25. The summed E-state index contributed by atoms with van der Waals surface area (Å²) >= 11 is 4.62. The van der Waals surface area contributed by atoms with Gasteiger partial charge in [0.05, 0.1) is 13.2 Å². The molecule has 0 bridgehead atoms. The van der Waals surface area contributed by atoms with E-state index in [4.69, 9.17) is 4.74 Å². The molecule has 2 heteroatoms. The summed E-state index contributed by atoms with van der Waals surface area (Å²) in [6.45, 7) is 1.19. The average Bonchev–Trinajstić information content (AvgIpc) is 2.07. The molecule has 0 unspecified atom stereocenters. The third-order valence-corrected chi connectivity index (χ3v) is 1.43. The highest BCUT2D eigenvalue weighted by Crippen LogP contribution is 1.99. The average molecular weight is 166 g/mol. The molecule has 0 fully saturated rings. The summed E-state index contributed by atoms with van der Waals surface area (Å²) in [4.78, 5) is 0. The maximum absolute atomic E-state index is 5.21. The summed E-state index contributed by atoms with van der Waals surface area (Å²) in [5.41, 5.74) is 1.18. The van der Waals surface area contributed by atoms with Gasteiger partial charge in [-0.25, -0.2) is 0 Å². The maximum atomic E-state index is 5.21. The molecule has 0 radical (unpaired) electrons. The first-order valence-electron chi connectivity index (χ1n) is 3.49. The fraction of sp³-hybridized carbons (Fsp3) is 0.222. The molecular weight excluding hydrogens is 156 g/mol. The van der Waals surface area contributed by atoms with E-state index in [1.807, 2.05) is 30.3 Å². The second kappa shape index (κ2) is 4.99. The Labute approximate surface area is 72.0 Å². The van der Waals surface area contributed by atoms with E-state index in [0.29, 0.717) is 13.2 Å². The molecule has 0 aliphatic rings. The zero-order chi connectivity index (χ0) is 7.94. The van der Waals surface area contributed by atoms with Crippen molar-refractivity contribution in [3.8, 4) is 0 Å². The fourth-order valence-corrected chi connectivity index (χ4v) is 0.895. The van der Waals surface area contributed by atoms with Crippen LogP contribution >= 0.6 is 12.2 Å². The largest absolute Gasteiger partial charge is 0.372 e. The number of hydrogen-bond acceptors (Lipinski definition) is 2. The van der Waals surface area contributed by atoms with Gasteiger partial charge in [-0.15, -0.1) is 0 Å². The molecule has 0 saturated heterocycles. The van der Waals surface area contributed by atoms with Crippen LogP contribution in [0.3, 0.4) is 0 Å². The van der Waals surface area contributed by atoms with Gasteiger partial charge in [-0.1, -0.05) is 42.5 Å². The normalized spacial score (nSPS) is 9.45. The van der Waals surface area contributed by atoms with Crippen LogP contribution in [0.25, 0.3) is 0 Å². The molecule has 0 amide bonds. The van der Waals surface area contributed by atoms with E-state index in [2.05, 4.69) is 12.2 Å². The Kier molecular flexibility index (Phi) is 3.80.